The standard InChI is InChI=1S/C19H19FN4O4/c1-12(25)13-2-4-16(15(20)10-13)22-6-8-23(9-7-22)17-5-3-14(19(21)26)11-18(17)24(27)28/h2-5,10-11H,6-9H2,1H3,(H2,21,26). The molecule has 0 bridgehead atoms. The van der Waals surface area contributed by atoms with Crippen molar-refractivity contribution in [2.24, 2.45) is 5.73 Å². The molecule has 3 rings (SSSR count). The number of hydrogen-bond acceptors (Lipinski definition) is 6. The maximum absolute atomic E-state index is 14.4. The van der Waals surface area contributed by atoms with E-state index in [0.29, 0.717) is 43.1 Å². The lowest BCUT2D eigenvalue weighted by molar-refractivity contribution is -0.384. The molecular weight excluding hydrogens is 367 g/mol. The number of primary amides is 1. The molecule has 0 spiro atoms. The third-order valence-electron chi connectivity index (χ3n) is 4.77. The Morgan fingerprint density at radius 3 is 2.04 bits per heavy atom. The summed E-state index contributed by atoms with van der Waals surface area (Å²) in [6.45, 7) is 3.15. The Balaban J connectivity index is 1.78. The van der Waals surface area contributed by atoms with Gasteiger partial charge >= 0.3 is 0 Å². The van der Waals surface area contributed by atoms with Gasteiger partial charge in [0.2, 0.25) is 5.91 Å². The summed E-state index contributed by atoms with van der Waals surface area (Å²) in [5.74, 6) is -1.41. The molecule has 0 aromatic heterocycles. The van der Waals surface area contributed by atoms with E-state index < -0.39 is 16.6 Å². The highest BCUT2D eigenvalue weighted by Gasteiger charge is 2.26. The van der Waals surface area contributed by atoms with E-state index in [1.165, 1.54) is 31.2 Å². The Kier molecular flexibility index (Phi) is 5.25. The summed E-state index contributed by atoms with van der Waals surface area (Å²) in [5.41, 5.74) is 6.17. The Morgan fingerprint density at radius 1 is 1.00 bits per heavy atom. The van der Waals surface area contributed by atoms with Crippen LogP contribution in [0, 0.1) is 15.9 Å². The van der Waals surface area contributed by atoms with Crippen LogP contribution >= 0.6 is 0 Å². The number of nitro groups is 1. The molecule has 0 aliphatic carbocycles. The lowest BCUT2D eigenvalue weighted by Crippen LogP contribution is -2.47. The molecule has 0 unspecified atom stereocenters. The molecule has 1 amide bonds. The Hall–Kier alpha value is -3.49. The fraction of sp³-hybridized carbons (Fsp3) is 0.263. The van der Waals surface area contributed by atoms with Gasteiger partial charge in [-0.05, 0) is 37.3 Å². The normalized spacial score (nSPS) is 14.1. The topological polar surface area (TPSA) is 110 Å². The van der Waals surface area contributed by atoms with E-state index in [1.807, 2.05) is 9.80 Å². The third kappa shape index (κ3) is 3.78. The Labute approximate surface area is 160 Å². The number of piperazine rings is 1. The number of ketones is 1. The number of amides is 1. The average molecular weight is 386 g/mol. The van der Waals surface area contributed by atoms with Gasteiger partial charge in [-0.25, -0.2) is 4.39 Å². The van der Waals surface area contributed by atoms with E-state index in [9.17, 15) is 24.1 Å². The summed E-state index contributed by atoms with van der Waals surface area (Å²) in [5, 5.41) is 11.4. The predicted octanol–water partition coefficient (Wildman–Crippen LogP) is 2.36. The van der Waals surface area contributed by atoms with Crippen molar-refractivity contribution in [3.63, 3.8) is 0 Å². The van der Waals surface area contributed by atoms with Gasteiger partial charge in [-0.1, -0.05) is 0 Å². The van der Waals surface area contributed by atoms with E-state index >= 15 is 0 Å². The highest BCUT2D eigenvalue weighted by molar-refractivity contribution is 5.95. The van der Waals surface area contributed by atoms with Gasteiger partial charge in [-0.3, -0.25) is 19.7 Å². The van der Waals surface area contributed by atoms with Crippen LogP contribution in [0.2, 0.25) is 0 Å². The molecule has 1 aliphatic heterocycles. The van der Waals surface area contributed by atoms with Crippen molar-refractivity contribution in [3.8, 4) is 0 Å². The van der Waals surface area contributed by atoms with Crippen LogP contribution in [0.1, 0.15) is 27.6 Å². The van der Waals surface area contributed by atoms with Crippen molar-refractivity contribution >= 4 is 28.8 Å². The summed E-state index contributed by atoms with van der Waals surface area (Å²) in [6, 6.07) is 8.52. The van der Waals surface area contributed by atoms with Gasteiger partial charge in [-0.15, -0.1) is 0 Å². The zero-order chi connectivity index (χ0) is 20.4. The van der Waals surface area contributed by atoms with Crippen LogP contribution < -0.4 is 15.5 Å². The lowest BCUT2D eigenvalue weighted by Gasteiger charge is -2.37. The minimum atomic E-state index is -0.732. The van der Waals surface area contributed by atoms with Crippen LogP contribution in [0.25, 0.3) is 0 Å². The van der Waals surface area contributed by atoms with Crippen LogP contribution in [-0.4, -0.2) is 42.8 Å². The number of nitro benzene ring substituents is 1. The SMILES string of the molecule is CC(=O)c1ccc(N2CCN(c3ccc(C(N)=O)cc3[N+](=O)[O-])CC2)c(F)c1. The Morgan fingerprint density at radius 2 is 1.54 bits per heavy atom. The van der Waals surface area contributed by atoms with E-state index in [2.05, 4.69) is 0 Å². The first-order valence-corrected chi connectivity index (χ1v) is 8.66. The molecule has 8 nitrogen and oxygen atoms in total. The predicted molar refractivity (Wildman–Crippen MR) is 102 cm³/mol. The summed E-state index contributed by atoms with van der Waals surface area (Å²) < 4.78 is 14.4. The fourth-order valence-corrected chi connectivity index (χ4v) is 3.26. The maximum Gasteiger partial charge on any atom is 0.293 e. The van der Waals surface area contributed by atoms with Gasteiger partial charge in [0.15, 0.2) is 5.78 Å². The average Bonchev–Trinajstić information content (AvgIpc) is 2.67. The quantitative estimate of drug-likeness (QED) is 0.480. The molecule has 146 valence electrons. The number of anilines is 2. The molecule has 0 saturated carbocycles. The molecule has 1 saturated heterocycles. The fourth-order valence-electron chi connectivity index (χ4n) is 3.26. The van der Waals surface area contributed by atoms with E-state index in [-0.39, 0.29) is 17.0 Å². The second-order valence-corrected chi connectivity index (χ2v) is 6.52. The number of rotatable bonds is 5. The first-order valence-electron chi connectivity index (χ1n) is 8.66. The first kappa shape index (κ1) is 19.3. The number of Topliss-reactive ketones (excluding diaryl/α,β-unsaturated/α-hetero) is 1. The van der Waals surface area contributed by atoms with Crippen LogP contribution in [-0.2, 0) is 0 Å². The molecule has 1 fully saturated rings. The molecule has 2 aromatic carbocycles. The number of nitrogens with two attached hydrogens (primary N) is 1. The molecule has 0 atom stereocenters. The number of halogens is 1. The minimum Gasteiger partial charge on any atom is -0.366 e. The van der Waals surface area contributed by atoms with Gasteiger partial charge in [-0.2, -0.15) is 0 Å². The van der Waals surface area contributed by atoms with Crippen molar-refractivity contribution in [1.82, 2.24) is 0 Å². The van der Waals surface area contributed by atoms with E-state index in [1.54, 1.807) is 12.1 Å². The highest BCUT2D eigenvalue weighted by atomic mass is 19.1. The van der Waals surface area contributed by atoms with Crippen LogP contribution in [0.15, 0.2) is 36.4 Å². The van der Waals surface area contributed by atoms with Crippen molar-refractivity contribution in [3.05, 3.63) is 63.5 Å². The first-order chi connectivity index (χ1) is 13.3. The summed E-state index contributed by atoms with van der Waals surface area (Å²) in [7, 11) is 0. The van der Waals surface area contributed by atoms with Crippen molar-refractivity contribution in [1.29, 1.82) is 0 Å². The zero-order valence-electron chi connectivity index (χ0n) is 15.2. The molecule has 0 radical (unpaired) electrons. The van der Waals surface area contributed by atoms with Crippen LogP contribution in [0.3, 0.4) is 0 Å². The third-order valence-corrected chi connectivity index (χ3v) is 4.77. The van der Waals surface area contributed by atoms with Crippen LogP contribution in [0.4, 0.5) is 21.5 Å². The van der Waals surface area contributed by atoms with Gasteiger partial charge < -0.3 is 15.5 Å². The minimum absolute atomic E-state index is 0.0710. The number of carbonyl (C=O) groups excluding carboxylic acids is 2. The molecule has 1 aliphatic rings. The van der Waals surface area contributed by atoms with Gasteiger partial charge in [0.1, 0.15) is 11.5 Å². The molecule has 2 aromatic rings. The summed E-state index contributed by atoms with van der Waals surface area (Å²) in [4.78, 5) is 37.2. The smallest absolute Gasteiger partial charge is 0.293 e. The molecular formula is C19H19FN4O4. The second kappa shape index (κ2) is 7.63. The highest BCUT2D eigenvalue weighted by Crippen LogP contribution is 2.31. The number of hydrogen-bond donors (Lipinski definition) is 1. The lowest BCUT2D eigenvalue weighted by atomic mass is 10.1. The van der Waals surface area contributed by atoms with Crippen molar-refractivity contribution in [2.45, 2.75) is 6.92 Å². The second-order valence-electron chi connectivity index (χ2n) is 6.52. The van der Waals surface area contributed by atoms with E-state index in [4.69, 9.17) is 5.73 Å². The maximum atomic E-state index is 14.4. The van der Waals surface area contributed by atoms with Crippen molar-refractivity contribution < 1.29 is 18.9 Å². The van der Waals surface area contributed by atoms with Gasteiger partial charge in [0, 0.05) is 43.4 Å². The van der Waals surface area contributed by atoms with Crippen LogP contribution in [0.5, 0.6) is 0 Å². The largest absolute Gasteiger partial charge is 0.366 e. The van der Waals surface area contributed by atoms with Crippen molar-refractivity contribution in [2.75, 3.05) is 36.0 Å². The number of nitrogens with zero attached hydrogens (tertiary/aromatic N) is 3. The molecule has 9 heteroatoms. The molecule has 28 heavy (non-hydrogen) atoms. The van der Waals surface area contributed by atoms with Gasteiger partial charge in [0.25, 0.3) is 5.69 Å². The molecule has 2 N–H and O–H groups in total. The molecule has 1 heterocycles. The summed E-state index contributed by atoms with van der Waals surface area (Å²) in [6.07, 6.45) is 0. The monoisotopic (exact) mass is 386 g/mol. The zero-order valence-corrected chi connectivity index (χ0v) is 15.2. The van der Waals surface area contributed by atoms with Gasteiger partial charge in [0.05, 0.1) is 10.6 Å². The Bertz CT molecular complexity index is 955. The summed E-state index contributed by atoms with van der Waals surface area (Å²) >= 11 is 0. The number of benzene rings is 2. The van der Waals surface area contributed by atoms with E-state index in [0.717, 1.165) is 0 Å². The number of carbonyl (C=O) groups is 2.